The Kier molecular flexibility index (Phi) is 5.08. The van der Waals surface area contributed by atoms with E-state index in [0.717, 1.165) is 17.1 Å². The summed E-state index contributed by atoms with van der Waals surface area (Å²) >= 11 is 0. The number of aryl methyl sites for hydroxylation is 1. The normalized spacial score (nSPS) is 16.0. The minimum absolute atomic E-state index is 0.0391. The molecule has 1 aliphatic rings. The molecule has 3 heterocycles. The fourth-order valence-electron chi connectivity index (χ4n) is 3.77. The lowest BCUT2D eigenvalue weighted by Gasteiger charge is -2.17. The maximum absolute atomic E-state index is 13.5. The zero-order valence-electron chi connectivity index (χ0n) is 16.3. The van der Waals surface area contributed by atoms with Crippen molar-refractivity contribution in [3.05, 3.63) is 48.2 Å². The fourth-order valence-corrected chi connectivity index (χ4v) is 4.78. The van der Waals surface area contributed by atoms with Crippen molar-refractivity contribution in [1.29, 1.82) is 0 Å². The van der Waals surface area contributed by atoms with Crippen molar-refractivity contribution < 1.29 is 12.8 Å². The number of fused-ring (bicyclic) bond motifs is 1. The molecule has 9 heteroatoms. The highest BCUT2D eigenvalue weighted by atomic mass is 32.2. The van der Waals surface area contributed by atoms with E-state index in [1.807, 2.05) is 11.5 Å². The first-order valence-corrected chi connectivity index (χ1v) is 11.5. The van der Waals surface area contributed by atoms with E-state index in [0.29, 0.717) is 36.7 Å². The molecule has 1 N–H and O–H groups in total. The second kappa shape index (κ2) is 7.55. The van der Waals surface area contributed by atoms with E-state index in [4.69, 9.17) is 4.98 Å². The molecule has 7 nitrogen and oxygen atoms in total. The molecule has 0 saturated heterocycles. The molecule has 0 radical (unpaired) electrons. The zero-order chi connectivity index (χ0) is 20.6. The summed E-state index contributed by atoms with van der Waals surface area (Å²) in [6, 6.07) is 7.70. The molecule has 0 aliphatic carbocycles. The molecule has 0 bridgehead atoms. The lowest BCUT2D eigenvalue weighted by atomic mass is 10.1. The van der Waals surface area contributed by atoms with E-state index in [9.17, 15) is 12.8 Å². The molecule has 152 valence electrons. The van der Waals surface area contributed by atoms with Gasteiger partial charge in [-0.15, -0.1) is 0 Å². The first kappa shape index (κ1) is 19.5. The van der Waals surface area contributed by atoms with Crippen LogP contribution in [0.25, 0.3) is 22.6 Å². The van der Waals surface area contributed by atoms with Gasteiger partial charge in [0.2, 0.25) is 5.95 Å². The minimum atomic E-state index is -3.17. The standard InChI is InChI=1S/C20H22FN5O2S/c1-3-22-20-23-11-10-16(24-20)19-18(13-4-6-14(21)7-5-13)25-17-9-8-15(26(17)19)12-29(2,27)28/h4-7,10-11,15H,3,8-9,12H2,1-2H3,(H,22,23,24). The van der Waals surface area contributed by atoms with Gasteiger partial charge in [-0.1, -0.05) is 0 Å². The van der Waals surface area contributed by atoms with Gasteiger partial charge >= 0.3 is 0 Å². The smallest absolute Gasteiger partial charge is 0.223 e. The number of hydrogen-bond donors (Lipinski definition) is 1. The lowest BCUT2D eigenvalue weighted by molar-refractivity contribution is 0.553. The van der Waals surface area contributed by atoms with Gasteiger partial charge in [0, 0.05) is 37.0 Å². The van der Waals surface area contributed by atoms with Crippen LogP contribution in [-0.4, -0.2) is 46.5 Å². The van der Waals surface area contributed by atoms with Crippen molar-refractivity contribution in [1.82, 2.24) is 19.5 Å². The van der Waals surface area contributed by atoms with Gasteiger partial charge in [0.05, 0.1) is 22.8 Å². The van der Waals surface area contributed by atoms with Crippen LogP contribution in [0.2, 0.25) is 0 Å². The van der Waals surface area contributed by atoms with Crippen molar-refractivity contribution in [2.75, 3.05) is 23.9 Å². The summed E-state index contributed by atoms with van der Waals surface area (Å²) in [5, 5.41) is 3.10. The molecular formula is C20H22FN5O2S. The lowest BCUT2D eigenvalue weighted by Crippen LogP contribution is -2.17. The third-order valence-electron chi connectivity index (χ3n) is 4.90. The summed E-state index contributed by atoms with van der Waals surface area (Å²) in [7, 11) is -3.17. The molecular weight excluding hydrogens is 393 g/mol. The van der Waals surface area contributed by atoms with Gasteiger partial charge in [0.25, 0.3) is 0 Å². The molecule has 0 spiro atoms. The fraction of sp³-hybridized carbons (Fsp3) is 0.350. The minimum Gasteiger partial charge on any atom is -0.354 e. The van der Waals surface area contributed by atoms with Crippen molar-refractivity contribution in [2.24, 2.45) is 0 Å². The molecule has 1 aromatic carbocycles. The third-order valence-corrected chi connectivity index (χ3v) is 5.89. The van der Waals surface area contributed by atoms with Gasteiger partial charge in [0.1, 0.15) is 21.5 Å². The number of halogens is 1. The summed E-state index contributed by atoms with van der Waals surface area (Å²) in [6.07, 6.45) is 4.29. The Bertz CT molecular complexity index is 1140. The summed E-state index contributed by atoms with van der Waals surface area (Å²) in [6.45, 7) is 2.63. The SMILES string of the molecule is CCNc1nccc(-c2c(-c3ccc(F)cc3)nc3n2C(CS(C)(=O)=O)CC3)n1. The van der Waals surface area contributed by atoms with Crippen LogP contribution in [0.5, 0.6) is 0 Å². The monoisotopic (exact) mass is 415 g/mol. The molecule has 0 amide bonds. The maximum atomic E-state index is 13.5. The second-order valence-electron chi connectivity index (χ2n) is 7.18. The Morgan fingerprint density at radius 3 is 2.66 bits per heavy atom. The molecule has 0 saturated carbocycles. The number of imidazole rings is 1. The van der Waals surface area contributed by atoms with Crippen LogP contribution in [0, 0.1) is 5.82 Å². The van der Waals surface area contributed by atoms with Gasteiger partial charge in [0.15, 0.2) is 0 Å². The zero-order valence-corrected chi connectivity index (χ0v) is 17.1. The average molecular weight is 415 g/mol. The Hall–Kier alpha value is -2.81. The quantitative estimate of drug-likeness (QED) is 0.665. The first-order chi connectivity index (χ1) is 13.9. The Morgan fingerprint density at radius 2 is 1.97 bits per heavy atom. The molecule has 1 aliphatic heterocycles. The number of nitrogens with one attached hydrogen (secondary N) is 1. The number of benzene rings is 1. The maximum Gasteiger partial charge on any atom is 0.223 e. The molecule has 4 rings (SSSR count). The molecule has 1 atom stereocenters. The highest BCUT2D eigenvalue weighted by molar-refractivity contribution is 7.90. The molecule has 2 aromatic heterocycles. The van der Waals surface area contributed by atoms with Gasteiger partial charge in [-0.05, 0) is 43.7 Å². The van der Waals surface area contributed by atoms with E-state index < -0.39 is 9.84 Å². The van der Waals surface area contributed by atoms with E-state index in [1.54, 1.807) is 24.4 Å². The Labute approximate surface area is 169 Å². The van der Waals surface area contributed by atoms with Crippen molar-refractivity contribution in [3.63, 3.8) is 0 Å². The first-order valence-electron chi connectivity index (χ1n) is 9.47. The van der Waals surface area contributed by atoms with E-state index in [1.165, 1.54) is 18.4 Å². The molecule has 29 heavy (non-hydrogen) atoms. The summed E-state index contributed by atoms with van der Waals surface area (Å²) in [4.78, 5) is 13.6. The van der Waals surface area contributed by atoms with Gasteiger partial charge in [-0.3, -0.25) is 0 Å². The van der Waals surface area contributed by atoms with Crippen LogP contribution in [0.3, 0.4) is 0 Å². The number of aromatic nitrogens is 4. The number of nitrogens with zero attached hydrogens (tertiary/aromatic N) is 4. The van der Waals surface area contributed by atoms with Gasteiger partial charge in [-0.25, -0.2) is 27.8 Å². The van der Waals surface area contributed by atoms with Gasteiger partial charge < -0.3 is 9.88 Å². The van der Waals surface area contributed by atoms with Crippen LogP contribution in [0.1, 0.15) is 25.2 Å². The Morgan fingerprint density at radius 1 is 1.21 bits per heavy atom. The van der Waals surface area contributed by atoms with Crippen molar-refractivity contribution in [2.45, 2.75) is 25.8 Å². The van der Waals surface area contributed by atoms with Crippen LogP contribution in [0.15, 0.2) is 36.5 Å². The largest absolute Gasteiger partial charge is 0.354 e. The van der Waals surface area contributed by atoms with E-state index >= 15 is 0 Å². The van der Waals surface area contributed by atoms with Crippen molar-refractivity contribution in [3.8, 4) is 22.6 Å². The highest BCUT2D eigenvalue weighted by Crippen LogP contribution is 2.39. The number of anilines is 1. The Balaban J connectivity index is 1.91. The van der Waals surface area contributed by atoms with Crippen molar-refractivity contribution >= 4 is 15.8 Å². The highest BCUT2D eigenvalue weighted by Gasteiger charge is 2.32. The van der Waals surface area contributed by atoms with Gasteiger partial charge in [-0.2, -0.15) is 0 Å². The van der Waals surface area contributed by atoms with Crippen LogP contribution in [0.4, 0.5) is 10.3 Å². The van der Waals surface area contributed by atoms with E-state index in [-0.39, 0.29) is 17.6 Å². The predicted octanol–water partition coefficient (Wildman–Crippen LogP) is 3.11. The van der Waals surface area contributed by atoms with E-state index in [2.05, 4.69) is 15.3 Å². The summed E-state index contributed by atoms with van der Waals surface area (Å²) < 4.78 is 39.4. The molecule has 1 unspecified atom stereocenters. The topological polar surface area (TPSA) is 89.8 Å². The summed E-state index contributed by atoms with van der Waals surface area (Å²) in [5.41, 5.74) is 2.80. The predicted molar refractivity (Wildman–Crippen MR) is 110 cm³/mol. The van der Waals surface area contributed by atoms with Crippen LogP contribution >= 0.6 is 0 Å². The summed E-state index contributed by atoms with van der Waals surface area (Å²) in [5.74, 6) is 1.02. The number of hydrogen-bond acceptors (Lipinski definition) is 6. The molecule has 3 aromatic rings. The molecule has 0 fully saturated rings. The second-order valence-corrected chi connectivity index (χ2v) is 9.37. The third kappa shape index (κ3) is 4.00. The number of sulfone groups is 1. The number of rotatable bonds is 6. The van der Waals surface area contributed by atoms with Crippen LogP contribution in [-0.2, 0) is 16.3 Å². The average Bonchev–Trinajstić information content (AvgIpc) is 3.22. The van der Waals surface area contributed by atoms with Crippen LogP contribution < -0.4 is 5.32 Å².